The second-order valence-corrected chi connectivity index (χ2v) is 7.96. The minimum atomic E-state index is -0.973. The Morgan fingerprint density at radius 3 is 2.80 bits per heavy atom. The molecule has 3 unspecified atom stereocenters. The molecule has 11 heteroatoms. The van der Waals surface area contributed by atoms with Gasteiger partial charge in [-0.2, -0.15) is 11.8 Å². The normalized spacial score (nSPS) is 43.3. The number of hydrogen-bond acceptors (Lipinski definition) is 11. The highest BCUT2D eigenvalue weighted by Crippen LogP contribution is 2.30. The highest BCUT2D eigenvalue weighted by atomic mass is 32.2. The Balaban J connectivity index is 1.52. The molecule has 0 aromatic heterocycles. The second-order valence-electron chi connectivity index (χ2n) is 6.81. The van der Waals surface area contributed by atoms with Crippen LogP contribution in [-0.2, 0) is 4.74 Å². The van der Waals surface area contributed by atoms with Gasteiger partial charge >= 0.3 is 0 Å². The SMILES string of the molecule is NC1NCNC2C1NCN2[C@@H]1O[C@H](CSCC[C@H](N)CO)[C@@H](O)[C@H]1O. The summed E-state index contributed by atoms with van der Waals surface area (Å²) in [5.41, 5.74) is 11.7. The van der Waals surface area contributed by atoms with Crippen LogP contribution in [0.25, 0.3) is 0 Å². The van der Waals surface area contributed by atoms with E-state index in [0.29, 0.717) is 25.5 Å². The van der Waals surface area contributed by atoms with E-state index in [2.05, 4.69) is 16.0 Å². The number of nitrogens with two attached hydrogens (primary N) is 2. The summed E-state index contributed by atoms with van der Waals surface area (Å²) in [5.74, 6) is 1.34. The van der Waals surface area contributed by atoms with E-state index in [9.17, 15) is 10.2 Å². The molecule has 25 heavy (non-hydrogen) atoms. The highest BCUT2D eigenvalue weighted by Gasteiger charge is 2.51. The van der Waals surface area contributed by atoms with Gasteiger partial charge in [0.1, 0.15) is 18.4 Å². The van der Waals surface area contributed by atoms with Crippen molar-refractivity contribution >= 4 is 11.8 Å². The average molecular weight is 378 g/mol. The number of hydrogen-bond donors (Lipinski definition) is 8. The van der Waals surface area contributed by atoms with Crippen LogP contribution < -0.4 is 27.4 Å². The number of nitrogens with zero attached hydrogens (tertiary/aromatic N) is 1. The second kappa shape index (κ2) is 8.76. The fourth-order valence-electron chi connectivity index (χ4n) is 3.52. The van der Waals surface area contributed by atoms with E-state index in [1.165, 1.54) is 0 Å². The van der Waals surface area contributed by atoms with E-state index < -0.39 is 24.5 Å². The molecule has 3 aliphatic rings. The maximum atomic E-state index is 10.4. The largest absolute Gasteiger partial charge is 0.395 e. The summed E-state index contributed by atoms with van der Waals surface area (Å²) in [4.78, 5) is 1.98. The first kappa shape index (κ1) is 19.7. The molecule has 0 aromatic rings. The Bertz CT molecular complexity index is 438. The molecule has 0 aromatic carbocycles. The zero-order valence-corrected chi connectivity index (χ0v) is 14.9. The van der Waals surface area contributed by atoms with E-state index in [1.54, 1.807) is 11.8 Å². The molecule has 10 N–H and O–H groups in total. The Morgan fingerprint density at radius 1 is 1.24 bits per heavy atom. The number of nitrogens with one attached hydrogen (secondary N) is 3. The number of thioether (sulfide) groups is 1. The first-order valence-electron chi connectivity index (χ1n) is 8.70. The molecule has 3 saturated heterocycles. The van der Waals surface area contributed by atoms with Gasteiger partial charge in [0.05, 0.1) is 37.8 Å². The molecule has 3 fully saturated rings. The van der Waals surface area contributed by atoms with Crippen molar-refractivity contribution in [2.45, 2.75) is 55.4 Å². The predicted octanol–water partition coefficient (Wildman–Crippen LogP) is -4.13. The third-order valence-electron chi connectivity index (χ3n) is 5.06. The predicted molar refractivity (Wildman–Crippen MR) is 94.2 cm³/mol. The van der Waals surface area contributed by atoms with Crippen molar-refractivity contribution < 1.29 is 20.1 Å². The molecule has 0 saturated carbocycles. The van der Waals surface area contributed by atoms with Gasteiger partial charge in [0.2, 0.25) is 0 Å². The van der Waals surface area contributed by atoms with Crippen molar-refractivity contribution in [3.63, 3.8) is 0 Å². The van der Waals surface area contributed by atoms with E-state index >= 15 is 0 Å². The Kier molecular flexibility index (Phi) is 6.90. The first-order chi connectivity index (χ1) is 12.0. The standard InChI is InChI=1S/C14H30N6O4S/c15-7(3-21)1-2-25-4-8-10(22)11(23)14(24-8)20-6-19-9-12(16)17-5-18-13(9)20/h7-14,17-19,21-23H,1-6,15-16H2/t7-,8+,9?,10+,11+,12?,13?,14+/m0/s1. The topological polar surface area (TPSA) is 161 Å². The molecular formula is C14H30N6O4S. The first-order valence-corrected chi connectivity index (χ1v) is 9.85. The molecule has 8 atom stereocenters. The van der Waals surface area contributed by atoms with Crippen molar-refractivity contribution in [2.75, 3.05) is 31.4 Å². The van der Waals surface area contributed by atoms with Crippen molar-refractivity contribution in [3.8, 4) is 0 Å². The lowest BCUT2D eigenvalue weighted by atomic mass is 10.1. The zero-order valence-electron chi connectivity index (χ0n) is 14.1. The summed E-state index contributed by atoms with van der Waals surface area (Å²) in [7, 11) is 0. The lowest BCUT2D eigenvalue weighted by molar-refractivity contribution is -0.0994. The molecule has 146 valence electrons. The lowest BCUT2D eigenvalue weighted by Crippen LogP contribution is -2.68. The van der Waals surface area contributed by atoms with Gasteiger partial charge < -0.3 is 31.5 Å². The molecule has 10 nitrogen and oxygen atoms in total. The van der Waals surface area contributed by atoms with Crippen molar-refractivity contribution in [1.29, 1.82) is 0 Å². The van der Waals surface area contributed by atoms with Crippen molar-refractivity contribution in [2.24, 2.45) is 11.5 Å². The van der Waals surface area contributed by atoms with Gasteiger partial charge in [0.15, 0.2) is 0 Å². The summed E-state index contributed by atoms with van der Waals surface area (Å²) in [6, 6.07) is -0.210. The summed E-state index contributed by atoms with van der Waals surface area (Å²) in [5, 5.41) is 39.5. The van der Waals surface area contributed by atoms with Gasteiger partial charge in [0, 0.05) is 18.5 Å². The Hall–Kier alpha value is -0.0500. The van der Waals surface area contributed by atoms with E-state index in [1.807, 2.05) is 4.90 Å². The molecule has 3 rings (SSSR count). The van der Waals surface area contributed by atoms with Gasteiger partial charge in [-0.3, -0.25) is 16.0 Å². The van der Waals surface area contributed by atoms with Crippen molar-refractivity contribution in [1.82, 2.24) is 20.9 Å². The number of rotatable bonds is 7. The number of aliphatic hydroxyl groups excluding tert-OH is 3. The number of fused-ring (bicyclic) bond motifs is 1. The Labute approximate surface area is 151 Å². The quantitative estimate of drug-likeness (QED) is 0.203. The summed E-state index contributed by atoms with van der Waals surface area (Å²) < 4.78 is 5.97. The van der Waals surface area contributed by atoms with Gasteiger partial charge in [-0.15, -0.1) is 0 Å². The van der Waals surface area contributed by atoms with Gasteiger partial charge in [-0.05, 0) is 12.2 Å². The molecule has 0 amide bonds. The number of aliphatic hydroxyl groups is 3. The molecule has 0 bridgehead atoms. The summed E-state index contributed by atoms with van der Waals surface area (Å²) >= 11 is 1.60. The Morgan fingerprint density at radius 2 is 2.04 bits per heavy atom. The molecule has 0 radical (unpaired) electrons. The van der Waals surface area contributed by atoms with E-state index in [4.69, 9.17) is 21.3 Å². The number of ether oxygens (including phenoxy) is 1. The van der Waals surface area contributed by atoms with Crippen LogP contribution in [0.1, 0.15) is 6.42 Å². The van der Waals surface area contributed by atoms with Crippen LogP contribution in [0.5, 0.6) is 0 Å². The monoisotopic (exact) mass is 378 g/mol. The fraction of sp³-hybridized carbons (Fsp3) is 1.00. The van der Waals surface area contributed by atoms with Gasteiger partial charge in [-0.25, -0.2) is 4.90 Å². The van der Waals surface area contributed by atoms with Gasteiger partial charge in [-0.1, -0.05) is 0 Å². The van der Waals surface area contributed by atoms with E-state index in [0.717, 1.165) is 5.75 Å². The minimum absolute atomic E-state index is 0.00934. The average Bonchev–Trinajstić information content (AvgIpc) is 3.15. The third-order valence-corrected chi connectivity index (χ3v) is 6.15. The maximum absolute atomic E-state index is 10.4. The molecule has 3 aliphatic heterocycles. The fourth-order valence-corrected chi connectivity index (χ4v) is 4.66. The van der Waals surface area contributed by atoms with Crippen LogP contribution >= 0.6 is 11.8 Å². The minimum Gasteiger partial charge on any atom is -0.395 e. The lowest BCUT2D eigenvalue weighted by Gasteiger charge is -2.38. The zero-order chi connectivity index (χ0) is 18.0. The van der Waals surface area contributed by atoms with Crippen LogP contribution in [0.3, 0.4) is 0 Å². The molecule has 0 spiro atoms. The van der Waals surface area contributed by atoms with Crippen LogP contribution in [-0.4, -0.2) is 101 Å². The summed E-state index contributed by atoms with van der Waals surface area (Å²) in [6.45, 7) is 1.08. The van der Waals surface area contributed by atoms with Crippen LogP contribution in [0.4, 0.5) is 0 Å². The molecular weight excluding hydrogens is 348 g/mol. The van der Waals surface area contributed by atoms with Crippen LogP contribution in [0, 0.1) is 0 Å². The third kappa shape index (κ3) is 4.28. The molecule has 0 aliphatic carbocycles. The molecule has 3 heterocycles. The van der Waals surface area contributed by atoms with E-state index in [-0.39, 0.29) is 31.0 Å². The highest BCUT2D eigenvalue weighted by molar-refractivity contribution is 7.99. The van der Waals surface area contributed by atoms with Gasteiger partial charge in [0.25, 0.3) is 0 Å². The van der Waals surface area contributed by atoms with Crippen LogP contribution in [0.15, 0.2) is 0 Å². The summed E-state index contributed by atoms with van der Waals surface area (Å²) in [6.07, 6.45) is -2.47. The smallest absolute Gasteiger partial charge is 0.142 e. The maximum Gasteiger partial charge on any atom is 0.142 e. The van der Waals surface area contributed by atoms with Crippen LogP contribution in [0.2, 0.25) is 0 Å². The van der Waals surface area contributed by atoms with Crippen molar-refractivity contribution in [3.05, 3.63) is 0 Å².